The number of methoxy groups -OCH3 is 2. The largest absolute Gasteiger partial charge is 0.493 e. The topological polar surface area (TPSA) is 109 Å². The molecule has 4 aromatic rings. The van der Waals surface area contributed by atoms with Crippen molar-refractivity contribution in [2.45, 2.75) is 51.3 Å². The number of aromatic nitrogens is 1. The summed E-state index contributed by atoms with van der Waals surface area (Å²) in [6.07, 6.45) is 4.40. The highest BCUT2D eigenvalue weighted by atomic mass is 16.5. The Morgan fingerprint density at radius 2 is 1.67 bits per heavy atom. The Morgan fingerprint density at radius 1 is 0.977 bits per heavy atom. The predicted molar refractivity (Wildman–Crippen MR) is 167 cm³/mol. The Bertz CT molecular complexity index is 1580. The fraction of sp³-hybridized carbons (Fsp3) is 0.353. The number of anilines is 2. The predicted octanol–water partition coefficient (Wildman–Crippen LogP) is 6.66. The lowest BCUT2D eigenvalue weighted by atomic mass is 9.97. The standard InChI is InChI=1S/C34H38N4O5/c1-22-8-7-9-23(2)38(22)20-26(39)21-42-33-17-29-28(16-32(33)41-4)34(24(18-35)19-36-29)37-25-12-14-27(15-13-25)43-31-11-6-5-10-30(31)40-3/h5-6,10-17,19,22-23,26,39H,7-9,20-21H2,1-4H3,(H,36,37)/t22?,23?,26-/m0/s1. The van der Waals surface area contributed by atoms with E-state index in [2.05, 4.69) is 35.1 Å². The number of nitrogens with one attached hydrogen (secondary N) is 1. The number of β-amino-alcohol motifs (C(OH)–C–C–N with tert-alkyl or cyclic N) is 1. The zero-order valence-corrected chi connectivity index (χ0v) is 25.0. The van der Waals surface area contributed by atoms with Crippen molar-refractivity contribution in [3.05, 3.63) is 72.4 Å². The zero-order chi connectivity index (χ0) is 30.3. The van der Waals surface area contributed by atoms with E-state index >= 15 is 0 Å². The van der Waals surface area contributed by atoms with E-state index in [0.29, 0.717) is 69.5 Å². The Labute approximate surface area is 252 Å². The number of ether oxygens (including phenoxy) is 4. The molecule has 1 aromatic heterocycles. The van der Waals surface area contributed by atoms with E-state index in [4.69, 9.17) is 18.9 Å². The number of pyridine rings is 1. The molecule has 0 amide bonds. The summed E-state index contributed by atoms with van der Waals surface area (Å²) in [6, 6.07) is 21.6. The number of piperidine rings is 1. The van der Waals surface area contributed by atoms with Gasteiger partial charge in [-0.05, 0) is 69.2 Å². The van der Waals surface area contributed by atoms with Crippen LogP contribution >= 0.6 is 0 Å². The third kappa shape index (κ3) is 6.94. The molecule has 9 nitrogen and oxygen atoms in total. The van der Waals surface area contributed by atoms with Crippen LogP contribution in [0.5, 0.6) is 28.7 Å². The molecule has 224 valence electrons. The van der Waals surface area contributed by atoms with Gasteiger partial charge in [0.05, 0.1) is 31.0 Å². The summed E-state index contributed by atoms with van der Waals surface area (Å²) in [5, 5.41) is 24.7. The number of rotatable bonds is 11. The second-order valence-corrected chi connectivity index (χ2v) is 10.9. The second kappa shape index (κ2) is 13.6. The summed E-state index contributed by atoms with van der Waals surface area (Å²) >= 11 is 0. The average Bonchev–Trinajstić information content (AvgIpc) is 3.02. The molecule has 0 aliphatic carbocycles. The molecule has 2 unspecified atom stereocenters. The third-order valence-corrected chi connectivity index (χ3v) is 7.92. The van der Waals surface area contributed by atoms with Crippen molar-refractivity contribution in [3.8, 4) is 34.8 Å². The molecular weight excluding hydrogens is 544 g/mol. The smallest absolute Gasteiger partial charge is 0.169 e. The Kier molecular flexibility index (Phi) is 9.50. The molecule has 1 aliphatic rings. The summed E-state index contributed by atoms with van der Waals surface area (Å²) in [5.74, 6) is 2.87. The maximum absolute atomic E-state index is 10.8. The third-order valence-electron chi connectivity index (χ3n) is 7.92. The van der Waals surface area contributed by atoms with Crippen LogP contribution in [0.25, 0.3) is 10.9 Å². The maximum Gasteiger partial charge on any atom is 0.169 e. The number of hydrogen-bond acceptors (Lipinski definition) is 9. The van der Waals surface area contributed by atoms with E-state index in [1.807, 2.05) is 48.5 Å². The molecule has 1 aliphatic heterocycles. The number of nitrogens with zero attached hydrogens (tertiary/aromatic N) is 3. The fourth-order valence-electron chi connectivity index (χ4n) is 5.59. The van der Waals surface area contributed by atoms with Gasteiger partial charge in [0.1, 0.15) is 24.5 Å². The molecule has 0 spiro atoms. The minimum absolute atomic E-state index is 0.127. The van der Waals surface area contributed by atoms with Gasteiger partial charge in [-0.1, -0.05) is 18.6 Å². The van der Waals surface area contributed by atoms with Crippen molar-refractivity contribution in [1.82, 2.24) is 9.88 Å². The van der Waals surface area contributed by atoms with Crippen molar-refractivity contribution in [3.63, 3.8) is 0 Å². The van der Waals surface area contributed by atoms with Gasteiger partial charge >= 0.3 is 0 Å². The minimum atomic E-state index is -0.649. The van der Waals surface area contributed by atoms with Crippen LogP contribution < -0.4 is 24.3 Å². The van der Waals surface area contributed by atoms with E-state index in [-0.39, 0.29) is 6.61 Å². The van der Waals surface area contributed by atoms with Crippen molar-refractivity contribution in [2.75, 3.05) is 32.7 Å². The Hall–Kier alpha value is -4.52. The van der Waals surface area contributed by atoms with E-state index in [9.17, 15) is 10.4 Å². The number of fused-ring (bicyclic) bond motifs is 1. The number of nitriles is 1. The van der Waals surface area contributed by atoms with Gasteiger partial charge in [0.2, 0.25) is 0 Å². The fourth-order valence-corrected chi connectivity index (χ4v) is 5.59. The van der Waals surface area contributed by atoms with E-state index < -0.39 is 6.10 Å². The highest BCUT2D eigenvalue weighted by molar-refractivity contribution is 5.97. The summed E-state index contributed by atoms with van der Waals surface area (Å²) in [7, 11) is 3.17. The van der Waals surface area contributed by atoms with Crippen molar-refractivity contribution < 1.29 is 24.1 Å². The van der Waals surface area contributed by atoms with Gasteiger partial charge in [0.15, 0.2) is 23.0 Å². The molecule has 43 heavy (non-hydrogen) atoms. The lowest BCUT2D eigenvalue weighted by Gasteiger charge is -2.40. The highest BCUT2D eigenvalue weighted by Gasteiger charge is 2.27. The minimum Gasteiger partial charge on any atom is -0.493 e. The van der Waals surface area contributed by atoms with Gasteiger partial charge in [-0.3, -0.25) is 9.88 Å². The number of benzene rings is 3. The van der Waals surface area contributed by atoms with Crippen molar-refractivity contribution in [1.29, 1.82) is 5.26 Å². The van der Waals surface area contributed by atoms with Gasteiger partial charge in [-0.15, -0.1) is 0 Å². The van der Waals surface area contributed by atoms with Gasteiger partial charge < -0.3 is 29.4 Å². The van der Waals surface area contributed by atoms with Crippen molar-refractivity contribution in [2.24, 2.45) is 0 Å². The summed E-state index contributed by atoms with van der Waals surface area (Å²) < 4.78 is 23.1. The molecule has 2 heterocycles. The second-order valence-electron chi connectivity index (χ2n) is 10.9. The number of aliphatic hydroxyl groups excluding tert-OH is 1. The van der Waals surface area contributed by atoms with Crippen LogP contribution in [0.4, 0.5) is 11.4 Å². The molecular formula is C34H38N4O5. The normalized spacial score (nSPS) is 17.6. The quantitative estimate of drug-likeness (QED) is 0.201. The van der Waals surface area contributed by atoms with Crippen LogP contribution in [-0.4, -0.2) is 60.5 Å². The zero-order valence-electron chi connectivity index (χ0n) is 25.0. The monoisotopic (exact) mass is 582 g/mol. The first-order chi connectivity index (χ1) is 20.9. The van der Waals surface area contributed by atoms with Crippen LogP contribution in [0.3, 0.4) is 0 Å². The Morgan fingerprint density at radius 3 is 2.35 bits per heavy atom. The maximum atomic E-state index is 10.8. The molecule has 9 heteroatoms. The first kappa shape index (κ1) is 30.0. The first-order valence-corrected chi connectivity index (χ1v) is 14.6. The van der Waals surface area contributed by atoms with E-state index in [0.717, 1.165) is 18.5 Å². The van der Waals surface area contributed by atoms with Gasteiger partial charge in [-0.2, -0.15) is 5.26 Å². The number of hydrogen-bond donors (Lipinski definition) is 2. The first-order valence-electron chi connectivity index (χ1n) is 14.6. The molecule has 2 N–H and O–H groups in total. The molecule has 1 saturated heterocycles. The molecule has 5 rings (SSSR count). The molecule has 0 radical (unpaired) electrons. The highest BCUT2D eigenvalue weighted by Crippen LogP contribution is 2.38. The van der Waals surface area contributed by atoms with Crippen LogP contribution in [0.15, 0.2) is 66.9 Å². The molecule has 3 aromatic carbocycles. The number of aliphatic hydroxyl groups is 1. The van der Waals surface area contributed by atoms with Crippen LogP contribution in [0.2, 0.25) is 0 Å². The van der Waals surface area contributed by atoms with Crippen LogP contribution in [-0.2, 0) is 0 Å². The molecule has 1 fully saturated rings. The molecule has 0 saturated carbocycles. The molecule has 3 atom stereocenters. The lowest BCUT2D eigenvalue weighted by Crippen LogP contribution is -2.48. The molecule has 0 bridgehead atoms. The summed E-state index contributed by atoms with van der Waals surface area (Å²) in [5.41, 5.74) is 2.38. The van der Waals surface area contributed by atoms with Crippen LogP contribution in [0.1, 0.15) is 38.7 Å². The number of likely N-dealkylation sites (tertiary alicyclic amines) is 1. The van der Waals surface area contributed by atoms with Crippen molar-refractivity contribution >= 4 is 22.3 Å². The van der Waals surface area contributed by atoms with Gasteiger partial charge in [0, 0.05) is 42.0 Å². The van der Waals surface area contributed by atoms with Gasteiger partial charge in [-0.25, -0.2) is 0 Å². The van der Waals surface area contributed by atoms with Gasteiger partial charge in [0.25, 0.3) is 0 Å². The summed E-state index contributed by atoms with van der Waals surface area (Å²) in [6.45, 7) is 5.11. The van der Waals surface area contributed by atoms with E-state index in [1.54, 1.807) is 26.4 Å². The average molecular weight is 583 g/mol. The number of para-hydroxylation sites is 2. The van der Waals surface area contributed by atoms with E-state index in [1.165, 1.54) is 12.6 Å². The SMILES string of the molecule is COc1cc2c(Nc3ccc(Oc4ccccc4OC)cc3)c(C#N)cnc2cc1OC[C@@H](O)CN1C(C)CCCC1C. The van der Waals surface area contributed by atoms with Crippen LogP contribution in [0, 0.1) is 11.3 Å². The summed E-state index contributed by atoms with van der Waals surface area (Å²) in [4.78, 5) is 6.86. The Balaban J connectivity index is 1.34. The lowest BCUT2D eigenvalue weighted by molar-refractivity contribution is 0.0205.